The highest BCUT2D eigenvalue weighted by atomic mass is 16.4. The lowest BCUT2D eigenvalue weighted by Crippen LogP contribution is -2.02. The number of hydrogen-bond acceptors (Lipinski definition) is 2. The van der Waals surface area contributed by atoms with E-state index in [1.165, 1.54) is 0 Å². The lowest BCUT2D eigenvalue weighted by atomic mass is 9.97. The van der Waals surface area contributed by atoms with Crippen LogP contribution in [0, 0.1) is 0 Å². The highest BCUT2D eigenvalue weighted by Crippen LogP contribution is 2.31. The molecule has 0 saturated heterocycles. The summed E-state index contributed by atoms with van der Waals surface area (Å²) in [7, 11) is 0. The van der Waals surface area contributed by atoms with Crippen LogP contribution in [0.4, 0.5) is 0 Å². The van der Waals surface area contributed by atoms with Gasteiger partial charge in [-0.15, -0.1) is 0 Å². The molecule has 0 spiro atoms. The molecule has 0 aliphatic rings. The Hall–Kier alpha value is -2.62. The van der Waals surface area contributed by atoms with Crippen molar-refractivity contribution in [2.45, 2.75) is 19.3 Å². The molecule has 0 saturated carbocycles. The Morgan fingerprint density at radius 2 is 2.10 bits per heavy atom. The Morgan fingerprint density at radius 1 is 1.29 bits per heavy atom. The minimum atomic E-state index is -0.777. The number of aliphatic carboxylic acids is 1. The van der Waals surface area contributed by atoms with Gasteiger partial charge in [0.1, 0.15) is 0 Å². The Kier molecular flexibility index (Phi) is 3.44. The number of rotatable bonds is 4. The molecule has 0 fully saturated rings. The molecule has 1 N–H and O–H groups in total. The number of fused-ring (bicyclic) bond motifs is 1. The zero-order valence-electron chi connectivity index (χ0n) is 11.7. The summed E-state index contributed by atoms with van der Waals surface area (Å²) in [6.07, 6.45) is 5.69. The second-order valence-electron chi connectivity index (χ2n) is 5.18. The second-order valence-corrected chi connectivity index (χ2v) is 5.18. The van der Waals surface area contributed by atoms with Crippen molar-refractivity contribution in [3.63, 3.8) is 0 Å². The first kappa shape index (κ1) is 13.4. The molecule has 4 nitrogen and oxygen atoms in total. The molecule has 106 valence electrons. The average Bonchev–Trinajstić information content (AvgIpc) is 2.87. The number of pyridine rings is 1. The molecular formula is C17H16N2O2. The van der Waals surface area contributed by atoms with Gasteiger partial charge in [-0.2, -0.15) is 0 Å². The van der Waals surface area contributed by atoms with Gasteiger partial charge < -0.3 is 9.67 Å². The molecule has 0 radical (unpaired) electrons. The largest absolute Gasteiger partial charge is 0.481 e. The summed E-state index contributed by atoms with van der Waals surface area (Å²) in [5.41, 5.74) is 3.09. The van der Waals surface area contributed by atoms with Crippen LogP contribution in [0.25, 0.3) is 16.6 Å². The van der Waals surface area contributed by atoms with Gasteiger partial charge in [0.15, 0.2) is 0 Å². The van der Waals surface area contributed by atoms with E-state index < -0.39 is 5.97 Å². The summed E-state index contributed by atoms with van der Waals surface area (Å²) in [6.45, 7) is 1.95. The lowest BCUT2D eigenvalue weighted by Gasteiger charge is -2.06. The standard InChI is InChI=1S/C17H16N2O2/c1-12(9-17(20)21)15-11-19(13-5-4-8-18-10-13)16-7-3-2-6-14(15)16/h2-8,10-12H,9H2,1H3,(H,20,21). The predicted molar refractivity (Wildman–Crippen MR) is 81.7 cm³/mol. The van der Waals surface area contributed by atoms with Gasteiger partial charge in [0.05, 0.1) is 23.8 Å². The van der Waals surface area contributed by atoms with Crippen molar-refractivity contribution in [1.82, 2.24) is 9.55 Å². The first-order valence-electron chi connectivity index (χ1n) is 6.89. The van der Waals surface area contributed by atoms with E-state index in [0.29, 0.717) is 0 Å². The Balaban J connectivity index is 2.17. The van der Waals surface area contributed by atoms with E-state index in [4.69, 9.17) is 5.11 Å². The second kappa shape index (κ2) is 5.40. The number of aromatic nitrogens is 2. The number of para-hydroxylation sites is 1. The van der Waals surface area contributed by atoms with E-state index >= 15 is 0 Å². The molecule has 3 aromatic rings. The Labute approximate surface area is 122 Å². The molecule has 0 aliphatic carbocycles. The van der Waals surface area contributed by atoms with Crippen molar-refractivity contribution >= 4 is 16.9 Å². The van der Waals surface area contributed by atoms with E-state index in [2.05, 4.69) is 9.55 Å². The van der Waals surface area contributed by atoms with Crippen molar-refractivity contribution in [2.24, 2.45) is 0 Å². The predicted octanol–water partition coefficient (Wildman–Crippen LogP) is 3.60. The first-order valence-corrected chi connectivity index (χ1v) is 6.89. The summed E-state index contributed by atoms with van der Waals surface area (Å²) in [6, 6.07) is 11.9. The van der Waals surface area contributed by atoms with Crippen molar-refractivity contribution < 1.29 is 9.90 Å². The zero-order chi connectivity index (χ0) is 14.8. The van der Waals surface area contributed by atoms with E-state index in [0.717, 1.165) is 22.2 Å². The van der Waals surface area contributed by atoms with Gasteiger partial charge in [0.2, 0.25) is 0 Å². The molecule has 0 aliphatic heterocycles. The van der Waals surface area contributed by atoms with Crippen molar-refractivity contribution in [1.29, 1.82) is 0 Å². The average molecular weight is 280 g/mol. The number of benzene rings is 1. The zero-order valence-corrected chi connectivity index (χ0v) is 11.7. The van der Waals surface area contributed by atoms with Crippen LogP contribution >= 0.6 is 0 Å². The van der Waals surface area contributed by atoms with E-state index in [9.17, 15) is 4.79 Å². The fourth-order valence-corrected chi connectivity index (χ4v) is 2.68. The SMILES string of the molecule is CC(CC(=O)O)c1cn(-c2cccnc2)c2ccccc12. The Bertz CT molecular complexity index is 778. The molecule has 0 bridgehead atoms. The van der Waals surface area contributed by atoms with Gasteiger partial charge in [-0.3, -0.25) is 9.78 Å². The van der Waals surface area contributed by atoms with Gasteiger partial charge in [0.25, 0.3) is 0 Å². The van der Waals surface area contributed by atoms with Crippen LogP contribution in [0.2, 0.25) is 0 Å². The molecule has 3 rings (SSSR count). The first-order chi connectivity index (χ1) is 10.2. The van der Waals surface area contributed by atoms with E-state index in [-0.39, 0.29) is 12.3 Å². The van der Waals surface area contributed by atoms with Gasteiger partial charge in [-0.1, -0.05) is 25.1 Å². The van der Waals surface area contributed by atoms with Crippen LogP contribution in [0.5, 0.6) is 0 Å². The topological polar surface area (TPSA) is 55.1 Å². The van der Waals surface area contributed by atoms with Gasteiger partial charge >= 0.3 is 5.97 Å². The monoisotopic (exact) mass is 280 g/mol. The van der Waals surface area contributed by atoms with Crippen LogP contribution < -0.4 is 0 Å². The maximum absolute atomic E-state index is 11.0. The van der Waals surface area contributed by atoms with Crippen LogP contribution in [0.3, 0.4) is 0 Å². The fraction of sp³-hybridized carbons (Fsp3) is 0.176. The summed E-state index contributed by atoms with van der Waals surface area (Å²) in [5, 5.41) is 10.1. The van der Waals surface area contributed by atoms with Crippen LogP contribution in [0.15, 0.2) is 55.0 Å². The van der Waals surface area contributed by atoms with Crippen LogP contribution in [-0.4, -0.2) is 20.6 Å². The summed E-state index contributed by atoms with van der Waals surface area (Å²) in [5.74, 6) is -0.814. The normalized spacial score (nSPS) is 12.4. The van der Waals surface area contributed by atoms with Crippen molar-refractivity contribution in [2.75, 3.05) is 0 Å². The number of hydrogen-bond donors (Lipinski definition) is 1. The van der Waals surface area contributed by atoms with Gasteiger partial charge in [-0.25, -0.2) is 0 Å². The van der Waals surface area contributed by atoms with Crippen LogP contribution in [0.1, 0.15) is 24.8 Å². The Morgan fingerprint density at radius 3 is 2.81 bits per heavy atom. The van der Waals surface area contributed by atoms with Gasteiger partial charge in [-0.05, 0) is 29.7 Å². The molecule has 1 atom stereocenters. The molecule has 4 heteroatoms. The molecule has 1 unspecified atom stereocenters. The van der Waals surface area contributed by atoms with Crippen molar-refractivity contribution in [3.8, 4) is 5.69 Å². The summed E-state index contributed by atoms with van der Waals surface area (Å²) >= 11 is 0. The lowest BCUT2D eigenvalue weighted by molar-refractivity contribution is -0.137. The molecule has 21 heavy (non-hydrogen) atoms. The third-order valence-corrected chi connectivity index (χ3v) is 3.68. The third kappa shape index (κ3) is 2.52. The van der Waals surface area contributed by atoms with Gasteiger partial charge in [0, 0.05) is 17.8 Å². The van der Waals surface area contributed by atoms with Crippen LogP contribution in [-0.2, 0) is 4.79 Å². The highest BCUT2D eigenvalue weighted by molar-refractivity contribution is 5.86. The summed E-state index contributed by atoms with van der Waals surface area (Å²) in [4.78, 5) is 15.1. The number of nitrogens with zero attached hydrogens (tertiary/aromatic N) is 2. The summed E-state index contributed by atoms with van der Waals surface area (Å²) < 4.78 is 2.07. The number of carboxylic acids is 1. The quantitative estimate of drug-likeness (QED) is 0.794. The highest BCUT2D eigenvalue weighted by Gasteiger charge is 2.17. The molecule has 0 amide bonds. The van der Waals surface area contributed by atoms with Crippen molar-refractivity contribution in [3.05, 3.63) is 60.6 Å². The number of carboxylic acid groups (broad SMARTS) is 1. The molecule has 2 heterocycles. The maximum atomic E-state index is 11.0. The minimum absolute atomic E-state index is 0.0367. The molecule has 1 aromatic carbocycles. The molecular weight excluding hydrogens is 264 g/mol. The van der Waals surface area contributed by atoms with E-state index in [1.54, 1.807) is 12.4 Å². The fourth-order valence-electron chi connectivity index (χ4n) is 2.68. The number of carbonyl (C=O) groups is 1. The molecule has 2 aromatic heterocycles. The maximum Gasteiger partial charge on any atom is 0.303 e. The third-order valence-electron chi connectivity index (χ3n) is 3.68. The smallest absolute Gasteiger partial charge is 0.303 e. The van der Waals surface area contributed by atoms with E-state index in [1.807, 2.05) is 49.5 Å². The minimum Gasteiger partial charge on any atom is -0.481 e.